The summed E-state index contributed by atoms with van der Waals surface area (Å²) in [6.45, 7) is 4.91. The Labute approximate surface area is 135 Å². The number of benzene rings is 1. The van der Waals surface area contributed by atoms with Gasteiger partial charge in [0.25, 0.3) is 5.91 Å². The molecule has 4 nitrogen and oxygen atoms in total. The highest BCUT2D eigenvalue weighted by Gasteiger charge is 2.32. The molecule has 1 amide bonds. The summed E-state index contributed by atoms with van der Waals surface area (Å²) in [5.74, 6) is -14.0. The van der Waals surface area contributed by atoms with Crippen molar-refractivity contribution in [1.82, 2.24) is 5.32 Å². The third-order valence-electron chi connectivity index (χ3n) is 3.02. The molecule has 1 aromatic rings. The number of carbonyl (C=O) groups excluding carboxylic acids is 2. The Morgan fingerprint density at radius 2 is 1.42 bits per heavy atom. The molecule has 1 rings (SSSR count). The number of halogens is 5. The van der Waals surface area contributed by atoms with Gasteiger partial charge < -0.3 is 10.1 Å². The minimum absolute atomic E-state index is 0.00811. The van der Waals surface area contributed by atoms with Crippen LogP contribution < -0.4 is 5.32 Å². The molecule has 0 saturated carbocycles. The van der Waals surface area contributed by atoms with E-state index >= 15 is 0 Å². The van der Waals surface area contributed by atoms with Gasteiger partial charge in [0.05, 0.1) is 6.61 Å². The van der Waals surface area contributed by atoms with Crippen molar-refractivity contribution in [3.8, 4) is 0 Å². The van der Waals surface area contributed by atoms with Gasteiger partial charge in [0, 0.05) is 0 Å². The van der Waals surface area contributed by atoms with Gasteiger partial charge in [0.2, 0.25) is 5.82 Å². The second-order valence-corrected chi connectivity index (χ2v) is 5.35. The molecule has 24 heavy (non-hydrogen) atoms. The maximum atomic E-state index is 13.6. The van der Waals surface area contributed by atoms with Gasteiger partial charge in [0.1, 0.15) is 11.6 Å². The number of amides is 1. The first-order valence-corrected chi connectivity index (χ1v) is 7.10. The molecule has 9 heteroatoms. The van der Waals surface area contributed by atoms with E-state index in [1.165, 1.54) is 6.92 Å². The summed E-state index contributed by atoms with van der Waals surface area (Å²) in [6.07, 6.45) is 0.0555. The number of nitrogens with one attached hydrogen (secondary N) is 1. The zero-order valence-electron chi connectivity index (χ0n) is 13.2. The molecule has 0 saturated heterocycles. The zero-order valence-corrected chi connectivity index (χ0v) is 13.2. The Kier molecular flexibility index (Phi) is 6.68. The van der Waals surface area contributed by atoms with Crippen molar-refractivity contribution in [2.24, 2.45) is 5.92 Å². The summed E-state index contributed by atoms with van der Waals surface area (Å²) in [5, 5.41) is 1.96. The van der Waals surface area contributed by atoms with Crippen LogP contribution in [0.15, 0.2) is 0 Å². The lowest BCUT2D eigenvalue weighted by Crippen LogP contribution is -2.43. The quantitative estimate of drug-likeness (QED) is 0.370. The molecule has 1 N–H and O–H groups in total. The third kappa shape index (κ3) is 4.21. The van der Waals surface area contributed by atoms with Crippen LogP contribution in [-0.2, 0) is 9.53 Å². The van der Waals surface area contributed by atoms with Gasteiger partial charge in [-0.05, 0) is 19.3 Å². The molecule has 1 aromatic carbocycles. The predicted octanol–water partition coefficient (Wildman–Crippen LogP) is 3.09. The van der Waals surface area contributed by atoms with E-state index in [2.05, 4.69) is 0 Å². The Bertz CT molecular complexity index is 619. The van der Waals surface area contributed by atoms with Crippen molar-refractivity contribution in [3.05, 3.63) is 34.6 Å². The van der Waals surface area contributed by atoms with E-state index in [-0.39, 0.29) is 18.9 Å². The fraction of sp³-hybridized carbons (Fsp3) is 0.467. The minimum atomic E-state index is -2.37. The highest BCUT2D eigenvalue weighted by molar-refractivity contribution is 5.97. The first kappa shape index (κ1) is 19.9. The van der Waals surface area contributed by atoms with Crippen LogP contribution in [-0.4, -0.2) is 24.5 Å². The number of ether oxygens (including phenoxy) is 1. The molecule has 0 aromatic heterocycles. The van der Waals surface area contributed by atoms with Crippen LogP contribution >= 0.6 is 0 Å². The van der Waals surface area contributed by atoms with E-state index in [1.807, 2.05) is 5.32 Å². The lowest BCUT2D eigenvalue weighted by atomic mass is 10.0. The number of hydrogen-bond acceptors (Lipinski definition) is 3. The van der Waals surface area contributed by atoms with Crippen molar-refractivity contribution in [3.63, 3.8) is 0 Å². The lowest BCUT2D eigenvalue weighted by Gasteiger charge is -2.19. The molecule has 0 aliphatic rings. The largest absolute Gasteiger partial charge is 0.464 e. The van der Waals surface area contributed by atoms with Crippen LogP contribution in [0.4, 0.5) is 22.0 Å². The first-order valence-electron chi connectivity index (χ1n) is 7.10. The molecular formula is C15H16F5NO3. The minimum Gasteiger partial charge on any atom is -0.464 e. The molecule has 0 aliphatic carbocycles. The van der Waals surface area contributed by atoms with Crippen LogP contribution in [0.3, 0.4) is 0 Å². The van der Waals surface area contributed by atoms with Crippen LogP contribution in [0.1, 0.15) is 37.6 Å². The molecule has 0 spiro atoms. The Balaban J connectivity index is 3.19. The summed E-state index contributed by atoms with van der Waals surface area (Å²) in [7, 11) is 0. The van der Waals surface area contributed by atoms with Crippen molar-refractivity contribution in [2.45, 2.75) is 33.2 Å². The van der Waals surface area contributed by atoms with Gasteiger partial charge in [-0.3, -0.25) is 4.79 Å². The smallest absolute Gasteiger partial charge is 0.328 e. The maximum Gasteiger partial charge on any atom is 0.328 e. The molecule has 0 heterocycles. The number of hydrogen-bond donors (Lipinski definition) is 1. The SMILES string of the molecule is CCOC(=O)C(CC(C)C)NC(=O)c1c(F)c(F)c(F)c(F)c1F. The molecule has 134 valence electrons. The van der Waals surface area contributed by atoms with Crippen molar-refractivity contribution in [2.75, 3.05) is 6.61 Å². The third-order valence-corrected chi connectivity index (χ3v) is 3.02. The molecule has 0 bridgehead atoms. The van der Waals surface area contributed by atoms with Gasteiger partial charge in [-0.1, -0.05) is 13.8 Å². The topological polar surface area (TPSA) is 55.4 Å². The van der Waals surface area contributed by atoms with Crippen molar-refractivity contribution < 1.29 is 36.3 Å². The van der Waals surface area contributed by atoms with Crippen LogP contribution in [0.5, 0.6) is 0 Å². The van der Waals surface area contributed by atoms with Gasteiger partial charge in [-0.25, -0.2) is 26.7 Å². The second-order valence-electron chi connectivity index (χ2n) is 5.35. The number of carbonyl (C=O) groups is 2. The van der Waals surface area contributed by atoms with E-state index in [0.29, 0.717) is 0 Å². The van der Waals surface area contributed by atoms with E-state index in [1.54, 1.807) is 13.8 Å². The fourth-order valence-electron chi connectivity index (χ4n) is 1.96. The molecule has 0 aliphatic heterocycles. The van der Waals surface area contributed by atoms with Gasteiger partial charge in [0.15, 0.2) is 23.3 Å². The van der Waals surface area contributed by atoms with E-state index < -0.39 is 52.6 Å². The summed E-state index contributed by atoms with van der Waals surface area (Å²) >= 11 is 0. The van der Waals surface area contributed by atoms with Crippen LogP contribution in [0.2, 0.25) is 0 Å². The molecule has 1 unspecified atom stereocenters. The Morgan fingerprint density at radius 3 is 1.83 bits per heavy atom. The van der Waals surface area contributed by atoms with Crippen LogP contribution in [0.25, 0.3) is 0 Å². The molecule has 0 radical (unpaired) electrons. The lowest BCUT2D eigenvalue weighted by molar-refractivity contribution is -0.145. The van der Waals surface area contributed by atoms with Crippen molar-refractivity contribution >= 4 is 11.9 Å². The van der Waals surface area contributed by atoms with E-state index in [9.17, 15) is 31.5 Å². The normalized spacial score (nSPS) is 12.2. The fourth-order valence-corrected chi connectivity index (χ4v) is 1.96. The average Bonchev–Trinajstić information content (AvgIpc) is 2.50. The van der Waals surface area contributed by atoms with Gasteiger partial charge in [-0.15, -0.1) is 0 Å². The van der Waals surface area contributed by atoms with Crippen molar-refractivity contribution in [1.29, 1.82) is 0 Å². The second kappa shape index (κ2) is 8.07. The molecule has 0 fully saturated rings. The van der Waals surface area contributed by atoms with Gasteiger partial charge >= 0.3 is 5.97 Å². The number of rotatable bonds is 6. The summed E-state index contributed by atoms with van der Waals surface area (Å²) in [4.78, 5) is 23.7. The average molecular weight is 353 g/mol. The summed E-state index contributed by atoms with van der Waals surface area (Å²) < 4.78 is 71.3. The predicted molar refractivity (Wildman–Crippen MR) is 73.6 cm³/mol. The molecule has 1 atom stereocenters. The highest BCUT2D eigenvalue weighted by Crippen LogP contribution is 2.23. The Morgan fingerprint density at radius 1 is 0.958 bits per heavy atom. The van der Waals surface area contributed by atoms with E-state index in [0.717, 1.165) is 0 Å². The highest BCUT2D eigenvalue weighted by atomic mass is 19.2. The van der Waals surface area contributed by atoms with E-state index in [4.69, 9.17) is 4.74 Å². The summed E-state index contributed by atoms with van der Waals surface area (Å²) in [6, 6.07) is -1.28. The standard InChI is InChI=1S/C15H16F5NO3/c1-4-24-15(23)7(5-6(2)3)21-14(22)8-9(16)11(18)13(20)12(19)10(8)17/h6-7H,4-5H2,1-3H3,(H,21,22). The van der Waals surface area contributed by atoms with Gasteiger partial charge in [-0.2, -0.15) is 0 Å². The zero-order chi connectivity index (χ0) is 18.6. The molecular weight excluding hydrogens is 337 g/mol. The van der Waals surface area contributed by atoms with Crippen LogP contribution in [0, 0.1) is 35.0 Å². The maximum absolute atomic E-state index is 13.6. The first-order chi connectivity index (χ1) is 11.1. The monoisotopic (exact) mass is 353 g/mol. The summed E-state index contributed by atoms with van der Waals surface area (Å²) in [5.41, 5.74) is -1.65. The number of esters is 1. The Hall–Kier alpha value is -2.19.